The van der Waals surface area contributed by atoms with E-state index in [2.05, 4.69) is 0 Å². The molecular formula is C13H20O5S. The van der Waals surface area contributed by atoms with Gasteiger partial charge in [-0.3, -0.25) is 4.55 Å². The highest BCUT2D eigenvalue weighted by atomic mass is 32.2. The van der Waals surface area contributed by atoms with Crippen LogP contribution in [0.4, 0.5) is 0 Å². The standard InChI is InChI=1S/C13H20O5S/c1-9-4-5-12(19(14,15)16)11(13(9,2)3)6-10-7-17-8-18-10/h4-5,9-10H,6-8H2,1-3H3,(H,14,15,16)/t9-,10?/m0/s1. The summed E-state index contributed by atoms with van der Waals surface area (Å²) in [6, 6.07) is 0. The van der Waals surface area contributed by atoms with Crippen molar-refractivity contribution < 1.29 is 22.4 Å². The predicted octanol–water partition coefficient (Wildman–Crippen LogP) is 2.12. The maximum Gasteiger partial charge on any atom is 0.294 e. The Hall–Kier alpha value is -0.690. The summed E-state index contributed by atoms with van der Waals surface area (Å²) in [7, 11) is -4.21. The van der Waals surface area contributed by atoms with E-state index in [0.717, 1.165) is 0 Å². The van der Waals surface area contributed by atoms with E-state index in [9.17, 15) is 13.0 Å². The highest BCUT2D eigenvalue weighted by Gasteiger charge is 2.38. The van der Waals surface area contributed by atoms with E-state index in [4.69, 9.17) is 9.47 Å². The molecule has 0 saturated carbocycles. The summed E-state index contributed by atoms with van der Waals surface area (Å²) in [5.74, 6) is 0.190. The lowest BCUT2D eigenvalue weighted by atomic mass is 9.69. The zero-order valence-corrected chi connectivity index (χ0v) is 12.2. The molecule has 0 amide bonds. The number of ether oxygens (including phenoxy) is 2. The highest BCUT2D eigenvalue weighted by Crippen LogP contribution is 2.44. The van der Waals surface area contributed by atoms with Gasteiger partial charge in [-0.05, 0) is 29.4 Å². The number of hydrogen-bond acceptors (Lipinski definition) is 4. The molecule has 2 atom stereocenters. The van der Waals surface area contributed by atoms with Crippen LogP contribution in [0.1, 0.15) is 27.2 Å². The maximum absolute atomic E-state index is 11.5. The first-order valence-corrected chi connectivity index (χ1v) is 7.75. The molecule has 0 aromatic rings. The average Bonchev–Trinajstić information content (AvgIpc) is 2.76. The Balaban J connectivity index is 2.43. The molecule has 6 heteroatoms. The van der Waals surface area contributed by atoms with Crippen molar-refractivity contribution in [1.29, 1.82) is 0 Å². The minimum absolute atomic E-state index is 0.00565. The van der Waals surface area contributed by atoms with Crippen LogP contribution in [0.25, 0.3) is 0 Å². The average molecular weight is 288 g/mol. The third kappa shape index (κ3) is 2.91. The molecule has 1 fully saturated rings. The second-order valence-electron chi connectivity index (χ2n) is 5.67. The minimum atomic E-state index is -4.21. The third-order valence-corrected chi connectivity index (χ3v) is 5.09. The molecule has 5 nitrogen and oxygen atoms in total. The molecule has 19 heavy (non-hydrogen) atoms. The van der Waals surface area contributed by atoms with Crippen LogP contribution in [-0.4, -0.2) is 32.5 Å². The summed E-state index contributed by atoms with van der Waals surface area (Å²) in [5, 5.41) is 0. The van der Waals surface area contributed by atoms with Gasteiger partial charge in [0.05, 0.1) is 17.6 Å². The SMILES string of the molecule is C[C@H]1C=CC(S(=O)(=O)O)=C(CC2COCO2)C1(C)C. The lowest BCUT2D eigenvalue weighted by Crippen LogP contribution is -2.31. The zero-order chi connectivity index (χ0) is 14.3. The molecule has 1 N–H and O–H groups in total. The fourth-order valence-corrected chi connectivity index (χ4v) is 3.40. The van der Waals surface area contributed by atoms with Gasteiger partial charge in [-0.15, -0.1) is 0 Å². The van der Waals surface area contributed by atoms with Crippen LogP contribution in [0.3, 0.4) is 0 Å². The molecule has 0 bridgehead atoms. The van der Waals surface area contributed by atoms with E-state index >= 15 is 0 Å². The highest BCUT2D eigenvalue weighted by molar-refractivity contribution is 7.90. The van der Waals surface area contributed by atoms with Crippen LogP contribution < -0.4 is 0 Å². The van der Waals surface area contributed by atoms with E-state index in [0.29, 0.717) is 18.6 Å². The quantitative estimate of drug-likeness (QED) is 0.805. The summed E-state index contributed by atoms with van der Waals surface area (Å²) in [6.45, 7) is 6.69. The lowest BCUT2D eigenvalue weighted by Gasteiger charge is -2.37. The Kier molecular flexibility index (Phi) is 3.88. The second kappa shape index (κ2) is 5.01. The fourth-order valence-electron chi connectivity index (χ4n) is 2.49. The van der Waals surface area contributed by atoms with Crippen molar-refractivity contribution in [3.8, 4) is 0 Å². The van der Waals surface area contributed by atoms with Crippen LogP contribution in [0.2, 0.25) is 0 Å². The minimum Gasteiger partial charge on any atom is -0.353 e. The summed E-state index contributed by atoms with van der Waals surface area (Å²) in [6.07, 6.45) is 3.62. The van der Waals surface area contributed by atoms with Crippen molar-refractivity contribution in [3.05, 3.63) is 22.6 Å². The Morgan fingerprint density at radius 2 is 2.16 bits per heavy atom. The van der Waals surface area contributed by atoms with Crippen LogP contribution in [0, 0.1) is 11.3 Å². The molecule has 0 aromatic carbocycles. The lowest BCUT2D eigenvalue weighted by molar-refractivity contribution is 0.0454. The molecule has 2 aliphatic rings. The van der Waals surface area contributed by atoms with Crippen LogP contribution in [0.15, 0.2) is 22.6 Å². The molecule has 0 spiro atoms. The van der Waals surface area contributed by atoms with Gasteiger partial charge in [-0.2, -0.15) is 8.42 Å². The van der Waals surface area contributed by atoms with Gasteiger partial charge in [0.2, 0.25) is 0 Å². The zero-order valence-electron chi connectivity index (χ0n) is 11.4. The van der Waals surface area contributed by atoms with Crippen molar-refractivity contribution in [2.75, 3.05) is 13.4 Å². The first-order chi connectivity index (χ1) is 8.73. The van der Waals surface area contributed by atoms with Crippen LogP contribution in [0.5, 0.6) is 0 Å². The van der Waals surface area contributed by atoms with Gasteiger partial charge in [-0.25, -0.2) is 0 Å². The Morgan fingerprint density at radius 1 is 1.47 bits per heavy atom. The summed E-state index contributed by atoms with van der Waals surface area (Å²) >= 11 is 0. The van der Waals surface area contributed by atoms with Crippen molar-refractivity contribution in [1.82, 2.24) is 0 Å². The monoisotopic (exact) mass is 288 g/mol. The smallest absolute Gasteiger partial charge is 0.294 e. The van der Waals surface area contributed by atoms with Crippen LogP contribution in [-0.2, 0) is 19.6 Å². The molecule has 1 saturated heterocycles. The third-order valence-electron chi connectivity index (χ3n) is 4.15. The van der Waals surface area contributed by atoms with Gasteiger partial charge in [-0.1, -0.05) is 26.8 Å². The number of hydrogen-bond donors (Lipinski definition) is 1. The van der Waals surface area contributed by atoms with Gasteiger partial charge < -0.3 is 9.47 Å². The molecule has 1 aliphatic carbocycles. The summed E-state index contributed by atoms with van der Waals surface area (Å²) < 4.78 is 43.0. The van der Waals surface area contributed by atoms with Crippen LogP contribution >= 0.6 is 0 Å². The van der Waals surface area contributed by atoms with E-state index in [1.54, 1.807) is 0 Å². The van der Waals surface area contributed by atoms with Gasteiger partial charge in [0.25, 0.3) is 10.1 Å². The van der Waals surface area contributed by atoms with Gasteiger partial charge in [0, 0.05) is 0 Å². The maximum atomic E-state index is 11.5. The van der Waals surface area contributed by atoms with E-state index in [1.807, 2.05) is 26.8 Å². The molecule has 2 rings (SSSR count). The summed E-state index contributed by atoms with van der Waals surface area (Å²) in [5.41, 5.74) is 0.367. The number of rotatable bonds is 3. The normalized spacial score (nSPS) is 30.9. The summed E-state index contributed by atoms with van der Waals surface area (Å²) in [4.78, 5) is 0.00565. The largest absolute Gasteiger partial charge is 0.353 e. The second-order valence-corrected chi connectivity index (χ2v) is 7.06. The van der Waals surface area contributed by atoms with Gasteiger partial charge in [0.1, 0.15) is 6.79 Å². The molecule has 1 aliphatic heterocycles. The molecular weight excluding hydrogens is 268 g/mol. The first kappa shape index (κ1) is 14.7. The predicted molar refractivity (Wildman–Crippen MR) is 71.0 cm³/mol. The van der Waals surface area contributed by atoms with Crippen molar-refractivity contribution in [2.45, 2.75) is 33.3 Å². The van der Waals surface area contributed by atoms with E-state index in [-0.39, 0.29) is 29.1 Å². The van der Waals surface area contributed by atoms with Gasteiger partial charge >= 0.3 is 0 Å². The van der Waals surface area contributed by atoms with Gasteiger partial charge in [0.15, 0.2) is 0 Å². The molecule has 1 unspecified atom stereocenters. The topological polar surface area (TPSA) is 72.8 Å². The molecule has 0 aromatic heterocycles. The Morgan fingerprint density at radius 3 is 2.68 bits per heavy atom. The molecule has 0 radical (unpaired) electrons. The fraction of sp³-hybridized carbons (Fsp3) is 0.692. The molecule has 108 valence electrons. The number of allylic oxidation sites excluding steroid dienone is 2. The van der Waals surface area contributed by atoms with E-state index in [1.165, 1.54) is 6.08 Å². The first-order valence-electron chi connectivity index (χ1n) is 6.31. The Bertz CT molecular complexity index is 509. The Labute approximate surface area is 114 Å². The van der Waals surface area contributed by atoms with Crippen molar-refractivity contribution >= 4 is 10.1 Å². The molecule has 1 heterocycles. The van der Waals surface area contributed by atoms with E-state index < -0.39 is 10.1 Å². The van der Waals surface area contributed by atoms with Crippen molar-refractivity contribution in [3.63, 3.8) is 0 Å². The van der Waals surface area contributed by atoms with Crippen molar-refractivity contribution in [2.24, 2.45) is 11.3 Å².